The van der Waals surface area contributed by atoms with E-state index in [2.05, 4.69) is 38.2 Å². The molecule has 10 nitrogen and oxygen atoms in total. The molecule has 0 unspecified atom stereocenters. The number of aromatic nitrogens is 5. The fourth-order valence-corrected chi connectivity index (χ4v) is 9.40. The predicted molar refractivity (Wildman–Crippen MR) is 199 cm³/mol. The Morgan fingerprint density at radius 2 is 1.89 bits per heavy atom. The van der Waals surface area contributed by atoms with Crippen LogP contribution in [0.15, 0.2) is 42.6 Å². The van der Waals surface area contributed by atoms with E-state index in [1.54, 1.807) is 24.3 Å². The van der Waals surface area contributed by atoms with E-state index in [4.69, 9.17) is 30.8 Å². The molecule has 0 radical (unpaired) electrons. The van der Waals surface area contributed by atoms with Gasteiger partial charge in [-0.25, -0.2) is 13.8 Å². The molecule has 4 aliphatic rings. The van der Waals surface area contributed by atoms with E-state index in [1.807, 2.05) is 0 Å². The summed E-state index contributed by atoms with van der Waals surface area (Å²) >= 11 is 0. The molecule has 1 N–H and O–H groups in total. The molecule has 0 saturated carbocycles. The number of fused-ring (bicyclic) bond motifs is 4. The summed E-state index contributed by atoms with van der Waals surface area (Å²) in [6.45, 7) is 4.63. The van der Waals surface area contributed by atoms with Crippen LogP contribution >= 0.6 is 0 Å². The van der Waals surface area contributed by atoms with Crippen molar-refractivity contribution in [2.75, 3.05) is 37.7 Å². The van der Waals surface area contributed by atoms with Gasteiger partial charge in [0.15, 0.2) is 5.82 Å². The van der Waals surface area contributed by atoms with Crippen molar-refractivity contribution in [2.45, 2.75) is 81.7 Å². The van der Waals surface area contributed by atoms with Gasteiger partial charge < -0.3 is 19.7 Å². The van der Waals surface area contributed by atoms with Gasteiger partial charge in [0.05, 0.1) is 33.9 Å². The van der Waals surface area contributed by atoms with Crippen molar-refractivity contribution in [3.05, 3.63) is 71.1 Å². The van der Waals surface area contributed by atoms with E-state index >= 15 is 8.78 Å². The number of rotatable bonds is 7. The minimum atomic E-state index is -4.56. The summed E-state index contributed by atoms with van der Waals surface area (Å²) < 4.78 is 84.4. The monoisotopic (exact) mass is 770 g/mol. The van der Waals surface area contributed by atoms with Gasteiger partial charge in [0.25, 0.3) is 0 Å². The Kier molecular flexibility index (Phi) is 9.16. The first kappa shape index (κ1) is 36.4. The maximum absolute atomic E-state index is 17.3. The number of alkyl halides is 3. The lowest BCUT2D eigenvalue weighted by Crippen LogP contribution is -2.57. The van der Waals surface area contributed by atoms with Crippen LogP contribution in [0.25, 0.3) is 32.9 Å². The van der Waals surface area contributed by atoms with E-state index in [-0.39, 0.29) is 60.0 Å². The molecular formula is C41H39F5N8O2. The number of hydrogen-bond donors (Lipinski definition) is 1. The molecule has 9 rings (SSSR count). The van der Waals surface area contributed by atoms with Crippen LogP contribution < -0.4 is 19.7 Å². The Balaban J connectivity index is 1.08. The van der Waals surface area contributed by atoms with E-state index in [9.17, 15) is 13.2 Å². The zero-order chi connectivity index (χ0) is 38.8. The van der Waals surface area contributed by atoms with Crippen molar-refractivity contribution in [3.63, 3.8) is 0 Å². The molecule has 0 spiro atoms. The highest BCUT2D eigenvalue weighted by atomic mass is 19.4. The maximum atomic E-state index is 17.3. The molecule has 56 heavy (non-hydrogen) atoms. The molecule has 2 aromatic carbocycles. The lowest BCUT2D eigenvalue weighted by molar-refractivity contribution is -0.138. The Labute approximate surface area is 319 Å². The van der Waals surface area contributed by atoms with Gasteiger partial charge in [0.2, 0.25) is 5.88 Å². The first-order valence-corrected chi connectivity index (χ1v) is 19.1. The standard InChI is InChI=1S/C41H39F5N8O2/c1-3-27-29(42)12-11-24-7-4-8-28(33(24)27)36-35(43)37-34-30(49-36)9-5-10-31-23(2)47-16-18-53(31)38(34)51-39(50-37)56-22-40-14-6-17-54(40)26(13-15-40)21-55-32-19-25(20-48-52-32)41(44,45)46/h1,4,7-8,11-12,19-20,23,26,31,47H,5-6,9-10,13-18,21-22H2,2H3/t23-,26-,31+,40-/m0/s1. The summed E-state index contributed by atoms with van der Waals surface area (Å²) in [5.74, 6) is 1.61. The highest BCUT2D eigenvalue weighted by Gasteiger charge is 2.50. The van der Waals surface area contributed by atoms with Crippen LogP contribution in [0.4, 0.5) is 27.8 Å². The van der Waals surface area contributed by atoms with Crippen LogP contribution in [0.3, 0.4) is 0 Å². The van der Waals surface area contributed by atoms with Crippen molar-refractivity contribution in [1.82, 2.24) is 35.4 Å². The Morgan fingerprint density at radius 3 is 2.73 bits per heavy atom. The zero-order valence-electron chi connectivity index (χ0n) is 30.7. The number of piperazine rings is 1. The average molecular weight is 771 g/mol. The van der Waals surface area contributed by atoms with Crippen molar-refractivity contribution in [3.8, 4) is 35.5 Å². The number of terminal acetylenes is 1. The van der Waals surface area contributed by atoms with Gasteiger partial charge in [0, 0.05) is 48.2 Å². The van der Waals surface area contributed by atoms with Crippen molar-refractivity contribution < 1.29 is 31.4 Å². The molecule has 4 atom stereocenters. The van der Waals surface area contributed by atoms with E-state index in [0.29, 0.717) is 58.9 Å². The lowest BCUT2D eigenvalue weighted by atomic mass is 9.93. The number of benzene rings is 2. The fraction of sp³-hybridized carbons (Fsp3) is 0.439. The minimum Gasteiger partial charge on any atom is -0.475 e. The molecule has 290 valence electrons. The molecule has 7 heterocycles. The fourth-order valence-electron chi connectivity index (χ4n) is 9.40. The summed E-state index contributed by atoms with van der Waals surface area (Å²) in [6.07, 6.45) is 7.35. The van der Waals surface area contributed by atoms with Gasteiger partial charge in [-0.1, -0.05) is 30.2 Å². The molecule has 4 aliphatic heterocycles. The first-order valence-electron chi connectivity index (χ1n) is 19.1. The molecule has 0 aliphatic carbocycles. The SMILES string of the molecule is C#Cc1c(F)ccc2cccc(-c3nc4c5c(nc(OC[C@@]67CCCN6[C@H](COc6cc(C(F)(F)F)cnn6)CC7)nc5c3F)N3CCN[C@@H](C)[C@H]3CCC4)c12. The second kappa shape index (κ2) is 14.1. The third kappa shape index (κ3) is 6.23. The number of nitrogens with one attached hydrogen (secondary N) is 1. The smallest absolute Gasteiger partial charge is 0.418 e. The average Bonchev–Trinajstić information content (AvgIpc) is 3.76. The Morgan fingerprint density at radius 1 is 1.02 bits per heavy atom. The van der Waals surface area contributed by atoms with Crippen molar-refractivity contribution in [2.24, 2.45) is 0 Å². The third-order valence-electron chi connectivity index (χ3n) is 12.1. The summed E-state index contributed by atoms with van der Waals surface area (Å²) in [5.41, 5.74) is -0.137. The number of anilines is 1. The maximum Gasteiger partial charge on any atom is 0.418 e. The van der Waals surface area contributed by atoms with E-state index < -0.39 is 28.9 Å². The van der Waals surface area contributed by atoms with Gasteiger partial charge in [-0.05, 0) is 69.9 Å². The van der Waals surface area contributed by atoms with Crippen LogP contribution in [-0.4, -0.2) is 86.6 Å². The second-order valence-corrected chi connectivity index (χ2v) is 15.2. The lowest BCUT2D eigenvalue weighted by Gasteiger charge is -2.43. The summed E-state index contributed by atoms with van der Waals surface area (Å²) in [5, 5.41) is 12.4. The van der Waals surface area contributed by atoms with Gasteiger partial charge in [0.1, 0.15) is 36.1 Å². The van der Waals surface area contributed by atoms with Crippen LogP contribution in [0.5, 0.6) is 11.9 Å². The molecule has 3 saturated heterocycles. The second-order valence-electron chi connectivity index (χ2n) is 15.2. The highest BCUT2D eigenvalue weighted by Crippen LogP contribution is 2.44. The number of pyridine rings is 1. The van der Waals surface area contributed by atoms with Crippen LogP contribution in [-0.2, 0) is 12.6 Å². The zero-order valence-corrected chi connectivity index (χ0v) is 30.7. The van der Waals surface area contributed by atoms with Crippen molar-refractivity contribution in [1.29, 1.82) is 0 Å². The van der Waals surface area contributed by atoms with Gasteiger partial charge in [-0.3, -0.25) is 4.90 Å². The molecule has 0 amide bonds. The van der Waals surface area contributed by atoms with Gasteiger partial charge in [-0.15, -0.1) is 11.5 Å². The third-order valence-corrected chi connectivity index (χ3v) is 12.1. The summed E-state index contributed by atoms with van der Waals surface area (Å²) in [6, 6.07) is 9.29. The number of halogens is 5. The molecular weight excluding hydrogens is 731 g/mol. The Bertz CT molecular complexity index is 2390. The van der Waals surface area contributed by atoms with Crippen molar-refractivity contribution >= 4 is 27.5 Å². The number of nitrogens with zero attached hydrogens (tertiary/aromatic N) is 7. The highest BCUT2D eigenvalue weighted by molar-refractivity contribution is 6.02. The predicted octanol–water partition coefficient (Wildman–Crippen LogP) is 6.87. The number of aryl methyl sites for hydroxylation is 1. The van der Waals surface area contributed by atoms with Crippen LogP contribution in [0.2, 0.25) is 0 Å². The quantitative estimate of drug-likeness (QED) is 0.140. The topological polar surface area (TPSA) is 101 Å². The van der Waals surface area contributed by atoms with Crippen LogP contribution in [0, 0.1) is 24.0 Å². The summed E-state index contributed by atoms with van der Waals surface area (Å²) in [7, 11) is 0. The summed E-state index contributed by atoms with van der Waals surface area (Å²) in [4.78, 5) is 19.3. The van der Waals surface area contributed by atoms with E-state index in [0.717, 1.165) is 51.1 Å². The Hall–Kier alpha value is -5.20. The molecule has 3 fully saturated rings. The molecule has 0 bridgehead atoms. The van der Waals surface area contributed by atoms with Gasteiger partial charge >= 0.3 is 12.2 Å². The largest absolute Gasteiger partial charge is 0.475 e. The van der Waals surface area contributed by atoms with Gasteiger partial charge in [-0.2, -0.15) is 28.2 Å². The molecule has 3 aromatic heterocycles. The number of ether oxygens (including phenoxy) is 2. The molecule has 15 heteroatoms. The minimum absolute atomic E-state index is 0.0336. The number of hydrogen-bond acceptors (Lipinski definition) is 10. The first-order chi connectivity index (χ1) is 27.0. The van der Waals surface area contributed by atoms with Crippen LogP contribution in [0.1, 0.15) is 62.3 Å². The normalized spacial score (nSPS) is 23.7. The van der Waals surface area contributed by atoms with E-state index in [1.165, 1.54) is 6.07 Å². The molecule has 5 aromatic rings.